The second-order valence-electron chi connectivity index (χ2n) is 11.6. The highest BCUT2D eigenvalue weighted by atomic mass is 32.2. The first-order valence-corrected chi connectivity index (χ1v) is 15.4. The number of fused-ring (bicyclic) bond motifs is 1. The summed E-state index contributed by atoms with van der Waals surface area (Å²) in [5, 5.41) is -0.751. The second kappa shape index (κ2) is 11.9. The predicted octanol–water partition coefficient (Wildman–Crippen LogP) is 6.01. The number of ether oxygens (including phenoxy) is 3. The Bertz CT molecular complexity index is 1260. The van der Waals surface area contributed by atoms with Crippen LogP contribution in [0.25, 0.3) is 0 Å². The van der Waals surface area contributed by atoms with Gasteiger partial charge in [-0.3, -0.25) is 0 Å². The first-order chi connectivity index (χ1) is 18.5. The van der Waals surface area contributed by atoms with Crippen LogP contribution in [0, 0.1) is 23.7 Å². The average Bonchev–Trinajstić information content (AvgIpc) is 3.31. The summed E-state index contributed by atoms with van der Waals surface area (Å²) in [6, 6.07) is 18.3. The van der Waals surface area contributed by atoms with Crippen LogP contribution in [0.15, 0.2) is 77.2 Å². The minimum Gasteiger partial charge on any atom is -0.467 e. The van der Waals surface area contributed by atoms with Gasteiger partial charge in [0.25, 0.3) is 0 Å². The molecular weight excluding hydrogens is 512 g/mol. The van der Waals surface area contributed by atoms with Gasteiger partial charge in [0.1, 0.15) is 0 Å². The van der Waals surface area contributed by atoms with Crippen LogP contribution < -0.4 is 0 Å². The molecule has 7 heteroatoms. The van der Waals surface area contributed by atoms with Crippen molar-refractivity contribution in [1.29, 1.82) is 0 Å². The molecule has 1 aliphatic heterocycles. The summed E-state index contributed by atoms with van der Waals surface area (Å²) < 4.78 is 45.7. The molecule has 1 saturated heterocycles. The van der Waals surface area contributed by atoms with Crippen LogP contribution in [0.5, 0.6) is 0 Å². The van der Waals surface area contributed by atoms with E-state index in [1.54, 1.807) is 38.1 Å². The normalized spacial score (nSPS) is 27.4. The lowest BCUT2D eigenvalue weighted by molar-refractivity contribution is -0.174. The third-order valence-corrected chi connectivity index (χ3v) is 10.9. The molecule has 0 saturated carbocycles. The van der Waals surface area contributed by atoms with Crippen LogP contribution in [0.1, 0.15) is 53.0 Å². The standard InChI is InChI=1S/C32H42O6S/c1-21(2)26-18-17-22(3)28-27(19-32(5,31(33)36-6)37-20-24-13-9-7-10-14-24)38-30(29(26)28)23(4)39(34,35)25-15-11-8-12-16-25/h7-17,21,23,26-30H,18-20H2,1-6H3/t23-,26+,27+,28+,29+,30-,32-/m0/s1. The molecule has 1 aliphatic carbocycles. The van der Waals surface area contributed by atoms with Gasteiger partial charge in [0.05, 0.1) is 36.1 Å². The molecule has 0 unspecified atom stereocenters. The molecule has 1 fully saturated rings. The Hall–Kier alpha value is -2.48. The SMILES string of the molecule is COC(=O)[C@](C)(C[C@H]1O[C@@H]([C@H](C)S(=O)(=O)c2ccccc2)[C@H]2[C@@H]1C(C)=CC[C@@H]2C(C)C)OCc1ccccc1. The minimum absolute atomic E-state index is 0.00417. The van der Waals surface area contributed by atoms with Gasteiger partial charge in [-0.1, -0.05) is 74.0 Å². The number of carbonyl (C=O) groups excluding carboxylic acids is 1. The number of esters is 1. The molecule has 2 aromatic rings. The maximum atomic E-state index is 13.8. The lowest BCUT2D eigenvalue weighted by atomic mass is 9.65. The van der Waals surface area contributed by atoms with Crippen LogP contribution in [0.2, 0.25) is 0 Å². The van der Waals surface area contributed by atoms with Crippen LogP contribution in [-0.2, 0) is 35.4 Å². The Morgan fingerprint density at radius 3 is 2.26 bits per heavy atom. The van der Waals surface area contributed by atoms with E-state index in [2.05, 4.69) is 26.8 Å². The Balaban J connectivity index is 1.69. The van der Waals surface area contributed by atoms with Crippen molar-refractivity contribution in [1.82, 2.24) is 0 Å². The molecular formula is C32H42O6S. The van der Waals surface area contributed by atoms with E-state index < -0.39 is 38.9 Å². The van der Waals surface area contributed by atoms with Crippen LogP contribution in [0.4, 0.5) is 0 Å². The van der Waals surface area contributed by atoms with Crippen LogP contribution >= 0.6 is 0 Å². The maximum absolute atomic E-state index is 13.8. The van der Waals surface area contributed by atoms with Crippen molar-refractivity contribution < 1.29 is 27.4 Å². The highest BCUT2D eigenvalue weighted by Crippen LogP contribution is 2.52. The molecule has 39 heavy (non-hydrogen) atoms. The van der Waals surface area contributed by atoms with E-state index in [-0.39, 0.29) is 30.8 Å². The topological polar surface area (TPSA) is 78.9 Å². The van der Waals surface area contributed by atoms with Crippen LogP contribution in [0.3, 0.4) is 0 Å². The van der Waals surface area contributed by atoms with E-state index in [1.807, 2.05) is 36.4 Å². The number of carbonyl (C=O) groups is 1. The van der Waals surface area contributed by atoms with E-state index in [4.69, 9.17) is 14.2 Å². The zero-order chi connectivity index (χ0) is 28.4. The lowest BCUT2D eigenvalue weighted by Gasteiger charge is -2.40. The molecule has 2 aromatic carbocycles. The smallest absolute Gasteiger partial charge is 0.337 e. The highest BCUT2D eigenvalue weighted by molar-refractivity contribution is 7.92. The molecule has 7 atom stereocenters. The van der Waals surface area contributed by atoms with E-state index in [0.717, 1.165) is 12.0 Å². The van der Waals surface area contributed by atoms with Crippen molar-refractivity contribution in [3.8, 4) is 0 Å². The van der Waals surface area contributed by atoms with Gasteiger partial charge in [-0.15, -0.1) is 0 Å². The Labute approximate surface area is 233 Å². The number of benzene rings is 2. The third kappa shape index (κ3) is 6.01. The van der Waals surface area contributed by atoms with Gasteiger partial charge < -0.3 is 14.2 Å². The van der Waals surface area contributed by atoms with E-state index in [1.165, 1.54) is 12.7 Å². The molecule has 212 valence electrons. The number of allylic oxidation sites excluding steroid dienone is 1. The fourth-order valence-corrected chi connectivity index (χ4v) is 8.05. The average molecular weight is 555 g/mol. The van der Waals surface area contributed by atoms with E-state index >= 15 is 0 Å². The summed E-state index contributed by atoms with van der Waals surface area (Å²) in [7, 11) is -2.28. The molecule has 4 rings (SSSR count). The van der Waals surface area contributed by atoms with E-state index in [0.29, 0.717) is 10.8 Å². The molecule has 1 heterocycles. The van der Waals surface area contributed by atoms with Gasteiger partial charge in [0.2, 0.25) is 0 Å². The zero-order valence-electron chi connectivity index (χ0n) is 23.9. The first kappa shape index (κ1) is 29.5. The van der Waals surface area contributed by atoms with Crippen molar-refractivity contribution in [3.05, 3.63) is 77.9 Å². The monoisotopic (exact) mass is 554 g/mol. The Morgan fingerprint density at radius 1 is 1.05 bits per heavy atom. The Kier molecular flexibility index (Phi) is 9.04. The summed E-state index contributed by atoms with van der Waals surface area (Å²) in [6.45, 7) is 10.3. The summed E-state index contributed by atoms with van der Waals surface area (Å²) in [4.78, 5) is 13.4. The van der Waals surface area contributed by atoms with Crippen molar-refractivity contribution in [2.24, 2.45) is 23.7 Å². The fraction of sp³-hybridized carbons (Fsp3) is 0.531. The van der Waals surface area contributed by atoms with Crippen LogP contribution in [-0.4, -0.2) is 44.6 Å². The van der Waals surface area contributed by atoms with Crippen molar-refractivity contribution in [2.75, 3.05) is 7.11 Å². The zero-order valence-corrected chi connectivity index (χ0v) is 24.7. The molecule has 0 bridgehead atoms. The number of hydrogen-bond donors (Lipinski definition) is 0. The third-order valence-electron chi connectivity index (χ3n) is 8.75. The van der Waals surface area contributed by atoms with Gasteiger partial charge in [-0.2, -0.15) is 0 Å². The number of hydrogen-bond acceptors (Lipinski definition) is 6. The summed E-state index contributed by atoms with van der Waals surface area (Å²) in [5.74, 6) is 0.125. The molecule has 0 radical (unpaired) electrons. The quantitative estimate of drug-likeness (QED) is 0.264. The maximum Gasteiger partial charge on any atom is 0.337 e. The van der Waals surface area contributed by atoms with Gasteiger partial charge in [0.15, 0.2) is 15.4 Å². The molecule has 6 nitrogen and oxygen atoms in total. The van der Waals surface area contributed by atoms with Crippen molar-refractivity contribution >= 4 is 15.8 Å². The molecule has 2 aliphatic rings. The molecule has 0 amide bonds. The largest absolute Gasteiger partial charge is 0.467 e. The Morgan fingerprint density at radius 2 is 1.67 bits per heavy atom. The number of methoxy groups -OCH3 is 1. The molecule has 0 aromatic heterocycles. The van der Waals surface area contributed by atoms with Gasteiger partial charge in [-0.25, -0.2) is 13.2 Å². The van der Waals surface area contributed by atoms with Crippen molar-refractivity contribution in [2.45, 2.75) is 82.0 Å². The summed E-state index contributed by atoms with van der Waals surface area (Å²) in [5.41, 5.74) is 0.872. The summed E-state index contributed by atoms with van der Waals surface area (Å²) in [6.07, 6.45) is 2.50. The minimum atomic E-state index is -3.64. The van der Waals surface area contributed by atoms with Gasteiger partial charge in [-0.05, 0) is 62.6 Å². The lowest BCUT2D eigenvalue weighted by Crippen LogP contribution is -2.44. The second-order valence-corrected chi connectivity index (χ2v) is 13.9. The fourth-order valence-electron chi connectivity index (χ4n) is 6.49. The molecule has 0 spiro atoms. The van der Waals surface area contributed by atoms with E-state index in [9.17, 15) is 13.2 Å². The first-order valence-electron chi connectivity index (χ1n) is 13.9. The van der Waals surface area contributed by atoms with Gasteiger partial charge in [0, 0.05) is 12.3 Å². The molecule has 0 N–H and O–H groups in total. The number of sulfone groups is 1. The summed E-state index contributed by atoms with van der Waals surface area (Å²) >= 11 is 0. The number of rotatable bonds is 10. The predicted molar refractivity (Wildman–Crippen MR) is 152 cm³/mol. The van der Waals surface area contributed by atoms with Crippen molar-refractivity contribution in [3.63, 3.8) is 0 Å². The van der Waals surface area contributed by atoms with Gasteiger partial charge >= 0.3 is 5.97 Å². The highest BCUT2D eigenvalue weighted by Gasteiger charge is 2.56.